The molecule has 0 aromatic heterocycles. The number of carbonyl (C=O) groups excluding carboxylic acids is 2. The van der Waals surface area contributed by atoms with Crippen LogP contribution in [0.4, 0.5) is 0 Å². The van der Waals surface area contributed by atoms with Gasteiger partial charge < -0.3 is 10.2 Å². The Hall–Kier alpha value is -1.06. The zero-order valence-electron chi connectivity index (χ0n) is 13.1. The topological polar surface area (TPSA) is 49.4 Å². The Morgan fingerprint density at radius 3 is 1.95 bits per heavy atom. The molecule has 2 atom stereocenters. The summed E-state index contributed by atoms with van der Waals surface area (Å²) in [6.07, 6.45) is 1.44. The van der Waals surface area contributed by atoms with E-state index in [2.05, 4.69) is 33.0 Å². The number of hydrogen-bond donors (Lipinski definition) is 1. The van der Waals surface area contributed by atoms with E-state index in [4.69, 9.17) is 0 Å². The maximum Gasteiger partial charge on any atom is 0.246 e. The number of piperazine rings is 1. The zero-order chi connectivity index (χ0) is 14.7. The molecule has 2 amide bonds. The summed E-state index contributed by atoms with van der Waals surface area (Å²) in [5.41, 5.74) is 0. The van der Waals surface area contributed by atoms with Crippen molar-refractivity contribution in [2.45, 2.75) is 72.5 Å². The van der Waals surface area contributed by atoms with Crippen LogP contribution in [0.15, 0.2) is 0 Å². The highest BCUT2D eigenvalue weighted by molar-refractivity contribution is 5.97. The highest BCUT2D eigenvalue weighted by Crippen LogP contribution is 2.22. The summed E-state index contributed by atoms with van der Waals surface area (Å²) in [4.78, 5) is 26.6. The van der Waals surface area contributed by atoms with Gasteiger partial charge in [-0.2, -0.15) is 0 Å². The largest absolute Gasteiger partial charge is 0.342 e. The molecular weight excluding hydrogens is 240 g/mol. The lowest BCUT2D eigenvalue weighted by Gasteiger charge is -2.42. The van der Waals surface area contributed by atoms with Crippen molar-refractivity contribution in [1.82, 2.24) is 10.2 Å². The lowest BCUT2D eigenvalue weighted by molar-refractivity contribution is -0.152. The second-order valence-electron chi connectivity index (χ2n) is 6.68. The van der Waals surface area contributed by atoms with Gasteiger partial charge in [-0.25, -0.2) is 0 Å². The fourth-order valence-electron chi connectivity index (χ4n) is 2.70. The van der Waals surface area contributed by atoms with E-state index in [1.165, 1.54) is 0 Å². The molecule has 19 heavy (non-hydrogen) atoms. The summed E-state index contributed by atoms with van der Waals surface area (Å²) in [6.45, 7) is 12.3. The number of rotatable bonds is 5. The molecule has 0 saturated carbocycles. The second kappa shape index (κ2) is 6.40. The van der Waals surface area contributed by atoms with Gasteiger partial charge >= 0.3 is 0 Å². The van der Waals surface area contributed by atoms with Crippen molar-refractivity contribution in [3.63, 3.8) is 0 Å². The van der Waals surface area contributed by atoms with E-state index in [1.54, 1.807) is 4.90 Å². The fraction of sp³-hybridized carbons (Fsp3) is 0.867. The van der Waals surface area contributed by atoms with Crippen LogP contribution in [0.3, 0.4) is 0 Å². The Morgan fingerprint density at radius 2 is 1.53 bits per heavy atom. The predicted octanol–water partition coefficient (Wildman–Crippen LogP) is 2.18. The Bertz CT molecular complexity index is 337. The van der Waals surface area contributed by atoms with E-state index < -0.39 is 0 Å². The summed E-state index contributed by atoms with van der Waals surface area (Å²) in [7, 11) is 0. The first kappa shape index (κ1) is 16.0. The van der Waals surface area contributed by atoms with Gasteiger partial charge in [0.1, 0.15) is 12.1 Å². The Balaban J connectivity index is 2.93. The molecule has 0 spiro atoms. The molecule has 0 aromatic rings. The third kappa shape index (κ3) is 3.95. The molecule has 1 heterocycles. The first-order valence-corrected chi connectivity index (χ1v) is 7.36. The molecule has 2 unspecified atom stereocenters. The van der Waals surface area contributed by atoms with Gasteiger partial charge in [0.2, 0.25) is 11.8 Å². The van der Waals surface area contributed by atoms with Crippen molar-refractivity contribution in [3.05, 3.63) is 0 Å². The predicted molar refractivity (Wildman–Crippen MR) is 76.6 cm³/mol. The summed E-state index contributed by atoms with van der Waals surface area (Å²) < 4.78 is 0. The summed E-state index contributed by atoms with van der Waals surface area (Å²) in [5.74, 6) is 0.873. The first-order chi connectivity index (χ1) is 8.73. The molecule has 1 fully saturated rings. The molecule has 1 N–H and O–H groups in total. The van der Waals surface area contributed by atoms with Gasteiger partial charge in [0.25, 0.3) is 0 Å². The van der Waals surface area contributed by atoms with Gasteiger partial charge in [-0.3, -0.25) is 9.59 Å². The Morgan fingerprint density at radius 1 is 1.00 bits per heavy atom. The molecule has 1 aliphatic heterocycles. The molecule has 1 rings (SSSR count). The lowest BCUT2D eigenvalue weighted by atomic mass is 9.93. The van der Waals surface area contributed by atoms with Crippen LogP contribution in [-0.2, 0) is 9.59 Å². The van der Waals surface area contributed by atoms with Crippen molar-refractivity contribution >= 4 is 11.8 Å². The fourth-order valence-corrected chi connectivity index (χ4v) is 2.70. The number of carbonyl (C=O) groups is 2. The molecule has 110 valence electrons. The lowest BCUT2D eigenvalue weighted by Crippen LogP contribution is -2.65. The Labute approximate surface area is 116 Å². The highest BCUT2D eigenvalue weighted by Gasteiger charge is 2.41. The van der Waals surface area contributed by atoms with Crippen molar-refractivity contribution in [1.29, 1.82) is 0 Å². The van der Waals surface area contributed by atoms with Crippen LogP contribution >= 0.6 is 0 Å². The first-order valence-electron chi connectivity index (χ1n) is 7.36. The number of nitrogens with zero attached hydrogens (tertiary/aromatic N) is 1. The van der Waals surface area contributed by atoms with Gasteiger partial charge in [0.05, 0.1) is 0 Å². The molecule has 1 saturated heterocycles. The zero-order valence-corrected chi connectivity index (χ0v) is 13.1. The average molecular weight is 268 g/mol. The average Bonchev–Trinajstić information content (AvgIpc) is 2.23. The van der Waals surface area contributed by atoms with Crippen LogP contribution in [0.2, 0.25) is 0 Å². The minimum atomic E-state index is -0.349. The summed E-state index contributed by atoms with van der Waals surface area (Å²) in [6, 6.07) is -0.591. The number of amides is 2. The molecular formula is C15H28N2O2. The molecule has 0 radical (unpaired) electrons. The summed E-state index contributed by atoms with van der Waals surface area (Å²) in [5, 5.41) is 2.91. The van der Waals surface area contributed by atoms with E-state index in [9.17, 15) is 9.59 Å². The van der Waals surface area contributed by atoms with E-state index in [-0.39, 0.29) is 29.9 Å². The van der Waals surface area contributed by atoms with Crippen LogP contribution in [0.1, 0.15) is 54.4 Å². The van der Waals surface area contributed by atoms with E-state index in [1.807, 2.05) is 13.8 Å². The minimum absolute atomic E-state index is 0.00708. The molecule has 0 aliphatic carbocycles. The number of hydrogen-bond acceptors (Lipinski definition) is 2. The molecule has 4 heteroatoms. The quantitative estimate of drug-likeness (QED) is 0.831. The van der Waals surface area contributed by atoms with Gasteiger partial charge in [-0.15, -0.1) is 0 Å². The van der Waals surface area contributed by atoms with Crippen LogP contribution in [-0.4, -0.2) is 34.8 Å². The maximum absolute atomic E-state index is 12.6. The third-order valence-corrected chi connectivity index (χ3v) is 3.47. The standard InChI is InChI=1S/C15H28N2O2/c1-9(2)7-12-15(19)17(11(5)6)13(8-10(3)4)14(18)16-12/h9-13H,7-8H2,1-6H3,(H,16,18). The van der Waals surface area contributed by atoms with Crippen LogP contribution in [0.25, 0.3) is 0 Å². The molecule has 4 nitrogen and oxygen atoms in total. The number of nitrogens with one attached hydrogen (secondary N) is 1. The normalized spacial score (nSPS) is 24.6. The molecule has 1 aliphatic rings. The van der Waals surface area contributed by atoms with Gasteiger partial charge in [0.15, 0.2) is 0 Å². The van der Waals surface area contributed by atoms with Crippen molar-refractivity contribution in [2.24, 2.45) is 11.8 Å². The van der Waals surface area contributed by atoms with E-state index in [0.29, 0.717) is 18.3 Å². The third-order valence-electron chi connectivity index (χ3n) is 3.47. The van der Waals surface area contributed by atoms with E-state index in [0.717, 1.165) is 6.42 Å². The Kier molecular flexibility index (Phi) is 5.39. The summed E-state index contributed by atoms with van der Waals surface area (Å²) >= 11 is 0. The van der Waals surface area contributed by atoms with Crippen molar-refractivity contribution < 1.29 is 9.59 Å². The SMILES string of the molecule is CC(C)CC1NC(=O)C(CC(C)C)N(C(C)C)C1=O. The van der Waals surface area contributed by atoms with Gasteiger partial charge in [-0.1, -0.05) is 27.7 Å². The van der Waals surface area contributed by atoms with Crippen LogP contribution in [0.5, 0.6) is 0 Å². The minimum Gasteiger partial charge on any atom is -0.342 e. The van der Waals surface area contributed by atoms with Crippen LogP contribution in [0, 0.1) is 11.8 Å². The van der Waals surface area contributed by atoms with Crippen molar-refractivity contribution in [3.8, 4) is 0 Å². The molecule has 0 bridgehead atoms. The van der Waals surface area contributed by atoms with E-state index >= 15 is 0 Å². The van der Waals surface area contributed by atoms with Crippen LogP contribution < -0.4 is 5.32 Å². The smallest absolute Gasteiger partial charge is 0.246 e. The van der Waals surface area contributed by atoms with Gasteiger partial charge in [0, 0.05) is 6.04 Å². The van der Waals surface area contributed by atoms with Crippen molar-refractivity contribution in [2.75, 3.05) is 0 Å². The molecule has 0 aromatic carbocycles. The monoisotopic (exact) mass is 268 g/mol. The maximum atomic E-state index is 12.6. The second-order valence-corrected chi connectivity index (χ2v) is 6.68. The highest BCUT2D eigenvalue weighted by atomic mass is 16.2. The van der Waals surface area contributed by atoms with Gasteiger partial charge in [-0.05, 0) is 38.5 Å².